The highest BCUT2D eigenvalue weighted by molar-refractivity contribution is 5.88. The first kappa shape index (κ1) is 12.0. The number of carbonyl (C=O) groups is 1. The maximum Gasteiger partial charge on any atom is 0.417 e. The molecule has 86 valence electrons. The summed E-state index contributed by atoms with van der Waals surface area (Å²) in [7, 11) is 0. The zero-order valence-electron chi connectivity index (χ0n) is 7.45. The number of hydrogen-bond acceptors (Lipinski definition) is 4. The number of rotatable bonds is 2. The number of non-ortho nitro benzene ring substituents is 1. The van der Waals surface area contributed by atoms with E-state index in [1.807, 2.05) is 0 Å². The van der Waals surface area contributed by atoms with Gasteiger partial charge in [0.1, 0.15) is 0 Å². The van der Waals surface area contributed by atoms with Crippen LogP contribution in [0.15, 0.2) is 18.2 Å². The quantitative estimate of drug-likeness (QED) is 0.563. The van der Waals surface area contributed by atoms with Crippen LogP contribution in [0, 0.1) is 10.1 Å². The van der Waals surface area contributed by atoms with Gasteiger partial charge in [0, 0.05) is 17.7 Å². The number of alkyl halides is 3. The van der Waals surface area contributed by atoms with Crippen molar-refractivity contribution < 1.29 is 28.0 Å². The first-order chi connectivity index (χ1) is 7.23. The van der Waals surface area contributed by atoms with Crippen LogP contribution in [-0.4, -0.2) is 10.9 Å². The Bertz CT molecular complexity index is 455. The Labute approximate surface area is 86.3 Å². The molecule has 1 rings (SSSR count). The Balaban J connectivity index is 3.45. The summed E-state index contributed by atoms with van der Waals surface area (Å²) in [5.41, 5.74) is -3.56. The van der Waals surface area contributed by atoms with Gasteiger partial charge < -0.3 is 9.90 Å². The fourth-order valence-corrected chi connectivity index (χ4v) is 1.06. The first-order valence-electron chi connectivity index (χ1n) is 3.80. The molecule has 0 aliphatic rings. The van der Waals surface area contributed by atoms with Crippen molar-refractivity contribution in [2.24, 2.45) is 0 Å². The lowest BCUT2D eigenvalue weighted by molar-refractivity contribution is -0.385. The van der Waals surface area contributed by atoms with Crippen LogP contribution in [0.25, 0.3) is 0 Å². The van der Waals surface area contributed by atoms with Crippen molar-refractivity contribution in [3.8, 4) is 0 Å². The van der Waals surface area contributed by atoms with Gasteiger partial charge in [-0.1, -0.05) is 0 Å². The van der Waals surface area contributed by atoms with E-state index >= 15 is 0 Å². The number of aromatic carboxylic acids is 1. The molecule has 1 aromatic rings. The number of carboxylic acid groups (broad SMARTS) is 1. The Kier molecular flexibility index (Phi) is 2.84. The van der Waals surface area contributed by atoms with E-state index in [1.165, 1.54) is 0 Å². The Morgan fingerprint density at radius 3 is 2.25 bits per heavy atom. The third kappa shape index (κ3) is 2.27. The molecule has 0 fully saturated rings. The van der Waals surface area contributed by atoms with Crippen molar-refractivity contribution in [1.29, 1.82) is 0 Å². The molecule has 0 saturated carbocycles. The Morgan fingerprint density at radius 1 is 1.31 bits per heavy atom. The standard InChI is InChI=1S/C8H4F3NO4/c9-8(10,11)6-3-4(12(15)16)1-2-5(6)7(13)14/h1-3H,(H,13,14)/p-1. The number of halogens is 3. The van der Waals surface area contributed by atoms with E-state index in [-0.39, 0.29) is 6.07 Å². The van der Waals surface area contributed by atoms with Crippen molar-refractivity contribution in [3.05, 3.63) is 39.4 Å². The van der Waals surface area contributed by atoms with Gasteiger partial charge in [-0.25, -0.2) is 0 Å². The minimum atomic E-state index is -4.98. The summed E-state index contributed by atoms with van der Waals surface area (Å²) in [5.74, 6) is -2.04. The molecule has 16 heavy (non-hydrogen) atoms. The average molecular weight is 234 g/mol. The molecule has 0 unspecified atom stereocenters. The zero-order chi connectivity index (χ0) is 12.5. The first-order valence-corrected chi connectivity index (χ1v) is 3.80. The summed E-state index contributed by atoms with van der Waals surface area (Å²) in [6.07, 6.45) is -4.98. The van der Waals surface area contributed by atoms with Gasteiger partial charge in [0.25, 0.3) is 5.69 Å². The SMILES string of the molecule is O=C([O-])c1ccc([N+](=O)[O-])cc1C(F)(F)F. The van der Waals surface area contributed by atoms with E-state index in [0.29, 0.717) is 12.1 Å². The highest BCUT2D eigenvalue weighted by atomic mass is 19.4. The van der Waals surface area contributed by atoms with E-state index in [4.69, 9.17) is 0 Å². The Morgan fingerprint density at radius 2 is 1.88 bits per heavy atom. The molecule has 0 N–H and O–H groups in total. The van der Waals surface area contributed by atoms with E-state index < -0.39 is 33.9 Å². The molecule has 0 spiro atoms. The summed E-state index contributed by atoms with van der Waals surface area (Å²) in [5, 5.41) is 20.6. The molecule has 5 nitrogen and oxygen atoms in total. The smallest absolute Gasteiger partial charge is 0.417 e. The number of nitro groups is 1. The van der Waals surface area contributed by atoms with Crippen LogP contribution in [0.3, 0.4) is 0 Å². The van der Waals surface area contributed by atoms with Crippen LogP contribution < -0.4 is 5.11 Å². The molecular weight excluding hydrogens is 231 g/mol. The molecule has 0 radical (unpaired) electrons. The number of hydrogen-bond donors (Lipinski definition) is 0. The minimum absolute atomic E-state index is 0.158. The summed E-state index contributed by atoms with van der Waals surface area (Å²) in [6, 6.07) is 1.32. The van der Waals surface area contributed by atoms with Gasteiger partial charge in [0.05, 0.1) is 16.5 Å². The van der Waals surface area contributed by atoms with E-state index in [0.717, 1.165) is 0 Å². The second kappa shape index (κ2) is 3.80. The van der Waals surface area contributed by atoms with Gasteiger partial charge >= 0.3 is 6.18 Å². The van der Waals surface area contributed by atoms with Gasteiger partial charge in [-0.05, 0) is 6.07 Å². The largest absolute Gasteiger partial charge is 0.545 e. The van der Waals surface area contributed by atoms with Gasteiger partial charge in [-0.15, -0.1) is 0 Å². The summed E-state index contributed by atoms with van der Waals surface area (Å²) < 4.78 is 37.0. The lowest BCUT2D eigenvalue weighted by Gasteiger charge is -2.12. The van der Waals surface area contributed by atoms with E-state index in [2.05, 4.69) is 0 Å². The van der Waals surface area contributed by atoms with Crippen LogP contribution in [0.4, 0.5) is 18.9 Å². The fraction of sp³-hybridized carbons (Fsp3) is 0.125. The molecule has 0 heterocycles. The molecule has 0 bridgehead atoms. The second-order valence-electron chi connectivity index (χ2n) is 2.77. The topological polar surface area (TPSA) is 83.3 Å². The number of carboxylic acids is 1. The van der Waals surface area contributed by atoms with Crippen LogP contribution in [-0.2, 0) is 6.18 Å². The van der Waals surface area contributed by atoms with Crippen molar-refractivity contribution in [2.75, 3.05) is 0 Å². The monoisotopic (exact) mass is 234 g/mol. The summed E-state index contributed by atoms with van der Waals surface area (Å²) in [4.78, 5) is 19.6. The molecule has 0 aliphatic carbocycles. The molecule has 1 aromatic carbocycles. The molecule has 0 aliphatic heterocycles. The lowest BCUT2D eigenvalue weighted by Crippen LogP contribution is -2.26. The van der Waals surface area contributed by atoms with Crippen LogP contribution in [0.5, 0.6) is 0 Å². The van der Waals surface area contributed by atoms with Crippen LogP contribution in [0.2, 0.25) is 0 Å². The van der Waals surface area contributed by atoms with Crippen molar-refractivity contribution >= 4 is 11.7 Å². The molecule has 8 heteroatoms. The molecule has 0 saturated heterocycles. The number of nitrogens with zero attached hydrogens (tertiary/aromatic N) is 1. The van der Waals surface area contributed by atoms with E-state index in [1.54, 1.807) is 0 Å². The number of nitro benzene ring substituents is 1. The third-order valence-electron chi connectivity index (χ3n) is 1.74. The van der Waals surface area contributed by atoms with Gasteiger partial charge in [0.2, 0.25) is 0 Å². The zero-order valence-corrected chi connectivity index (χ0v) is 7.45. The number of benzene rings is 1. The lowest BCUT2D eigenvalue weighted by atomic mass is 10.1. The average Bonchev–Trinajstić information content (AvgIpc) is 2.15. The predicted molar refractivity (Wildman–Crippen MR) is 42.4 cm³/mol. The molecule has 0 amide bonds. The van der Waals surface area contributed by atoms with Gasteiger partial charge in [0.15, 0.2) is 0 Å². The van der Waals surface area contributed by atoms with E-state index in [9.17, 15) is 33.2 Å². The molecule has 0 aromatic heterocycles. The number of carbonyl (C=O) groups excluding carboxylic acids is 1. The highest BCUT2D eigenvalue weighted by Gasteiger charge is 2.35. The summed E-state index contributed by atoms with van der Waals surface area (Å²) >= 11 is 0. The molecular formula is C8H3F3NO4-. The minimum Gasteiger partial charge on any atom is -0.545 e. The van der Waals surface area contributed by atoms with Crippen molar-refractivity contribution in [1.82, 2.24) is 0 Å². The molecule has 0 atom stereocenters. The van der Waals surface area contributed by atoms with Crippen LogP contribution in [0.1, 0.15) is 15.9 Å². The van der Waals surface area contributed by atoms with Crippen molar-refractivity contribution in [2.45, 2.75) is 6.18 Å². The maximum absolute atomic E-state index is 12.3. The summed E-state index contributed by atoms with van der Waals surface area (Å²) in [6.45, 7) is 0. The van der Waals surface area contributed by atoms with Crippen LogP contribution >= 0.6 is 0 Å². The fourth-order valence-electron chi connectivity index (χ4n) is 1.06. The third-order valence-corrected chi connectivity index (χ3v) is 1.74. The normalized spacial score (nSPS) is 11.2. The van der Waals surface area contributed by atoms with Gasteiger partial charge in [-0.3, -0.25) is 10.1 Å². The van der Waals surface area contributed by atoms with Crippen molar-refractivity contribution in [3.63, 3.8) is 0 Å². The Hall–Kier alpha value is -2.12. The van der Waals surface area contributed by atoms with Gasteiger partial charge in [-0.2, -0.15) is 13.2 Å². The maximum atomic E-state index is 12.3. The highest BCUT2D eigenvalue weighted by Crippen LogP contribution is 2.34. The second-order valence-corrected chi connectivity index (χ2v) is 2.77. The predicted octanol–water partition coefficient (Wildman–Crippen LogP) is 0.977.